The molecule has 0 amide bonds. The minimum Gasteiger partial charge on any atom is -0.387 e. The molecule has 1 aromatic carbocycles. The lowest BCUT2D eigenvalue weighted by molar-refractivity contribution is -0.137. The summed E-state index contributed by atoms with van der Waals surface area (Å²) in [5, 5.41) is 13.1. The highest BCUT2D eigenvalue weighted by atomic mass is 19.4. The summed E-state index contributed by atoms with van der Waals surface area (Å²) in [7, 11) is 0. The third-order valence-corrected chi connectivity index (χ3v) is 4.27. The maximum atomic E-state index is 12.8. The highest BCUT2D eigenvalue weighted by Gasteiger charge is 2.30. The zero-order chi connectivity index (χ0) is 21.0. The fourth-order valence-corrected chi connectivity index (χ4v) is 2.71. The predicted molar refractivity (Wildman–Crippen MR) is 102 cm³/mol. The number of pyridine rings is 1. The summed E-state index contributed by atoms with van der Waals surface area (Å²) in [5.41, 5.74) is 0.365. The normalized spacial score (nSPS) is 12.6. The summed E-state index contributed by atoms with van der Waals surface area (Å²) >= 11 is 0. The highest BCUT2D eigenvalue weighted by molar-refractivity contribution is 5.55. The Balaban J connectivity index is 1.68. The molecule has 0 aliphatic rings. The first-order chi connectivity index (χ1) is 13.8. The van der Waals surface area contributed by atoms with Crippen molar-refractivity contribution < 1.29 is 18.3 Å². The smallest absolute Gasteiger partial charge is 0.387 e. The van der Waals surface area contributed by atoms with Gasteiger partial charge in [-0.2, -0.15) is 13.2 Å². The van der Waals surface area contributed by atoms with Gasteiger partial charge in [0.15, 0.2) is 0 Å². The van der Waals surface area contributed by atoms with Crippen molar-refractivity contribution in [3.63, 3.8) is 0 Å². The molecule has 1 unspecified atom stereocenters. The maximum absolute atomic E-state index is 12.8. The van der Waals surface area contributed by atoms with Gasteiger partial charge in [0.1, 0.15) is 11.6 Å². The number of benzene rings is 1. The summed E-state index contributed by atoms with van der Waals surface area (Å²) in [4.78, 5) is 22.9. The molecule has 3 rings (SSSR count). The van der Waals surface area contributed by atoms with Crippen molar-refractivity contribution >= 4 is 5.82 Å². The molecule has 152 valence electrons. The van der Waals surface area contributed by atoms with Crippen LogP contribution in [0.5, 0.6) is 0 Å². The molecule has 29 heavy (non-hydrogen) atoms. The molecule has 2 heterocycles. The van der Waals surface area contributed by atoms with E-state index in [1.165, 1.54) is 24.4 Å². The molecule has 0 spiro atoms. The number of nitrogens with one attached hydrogen (secondary N) is 2. The van der Waals surface area contributed by atoms with Crippen LogP contribution >= 0.6 is 0 Å². The van der Waals surface area contributed by atoms with Gasteiger partial charge in [-0.3, -0.25) is 4.79 Å². The maximum Gasteiger partial charge on any atom is 0.416 e. The minimum atomic E-state index is -4.47. The van der Waals surface area contributed by atoms with E-state index in [4.69, 9.17) is 0 Å². The zero-order valence-electron chi connectivity index (χ0n) is 15.5. The van der Waals surface area contributed by atoms with Crippen LogP contribution in [0.1, 0.15) is 29.8 Å². The van der Waals surface area contributed by atoms with Crippen LogP contribution in [0.2, 0.25) is 0 Å². The number of aliphatic hydroxyl groups excluding tert-OH is 1. The van der Waals surface area contributed by atoms with E-state index in [0.29, 0.717) is 29.3 Å². The van der Waals surface area contributed by atoms with Crippen molar-refractivity contribution in [2.24, 2.45) is 0 Å². The Hall–Kier alpha value is -3.20. The van der Waals surface area contributed by atoms with Crippen molar-refractivity contribution in [3.05, 3.63) is 75.8 Å². The molecule has 0 radical (unpaired) electrons. The number of hydrogen-bond acceptors (Lipinski definition) is 5. The average Bonchev–Trinajstić information content (AvgIpc) is 2.71. The molecular weight excluding hydrogens is 385 g/mol. The number of halogens is 3. The number of hydrogen-bond donors (Lipinski definition) is 3. The molecule has 6 nitrogen and oxygen atoms in total. The Morgan fingerprint density at radius 1 is 1.21 bits per heavy atom. The third-order valence-electron chi connectivity index (χ3n) is 4.27. The number of aromatic nitrogens is 3. The molecule has 0 aliphatic heterocycles. The highest BCUT2D eigenvalue weighted by Crippen LogP contribution is 2.30. The molecule has 0 bridgehead atoms. The number of anilines is 1. The molecule has 9 heteroatoms. The molecule has 3 N–H and O–H groups in total. The van der Waals surface area contributed by atoms with Crippen LogP contribution in [0.3, 0.4) is 0 Å². The van der Waals surface area contributed by atoms with Gasteiger partial charge in [-0.15, -0.1) is 0 Å². The number of alkyl halides is 3. The van der Waals surface area contributed by atoms with Gasteiger partial charge in [0, 0.05) is 30.1 Å². The summed E-state index contributed by atoms with van der Waals surface area (Å²) in [5.74, 6) is 0.825. The number of nitrogens with zero attached hydrogens (tertiary/aromatic N) is 2. The number of aromatic amines is 1. The van der Waals surface area contributed by atoms with Crippen molar-refractivity contribution in [1.82, 2.24) is 15.0 Å². The number of aryl methyl sites for hydroxylation is 1. The number of rotatable bonds is 6. The van der Waals surface area contributed by atoms with E-state index >= 15 is 0 Å². The summed E-state index contributed by atoms with van der Waals surface area (Å²) in [6.45, 7) is 1.88. The van der Waals surface area contributed by atoms with Gasteiger partial charge < -0.3 is 15.4 Å². The lowest BCUT2D eigenvalue weighted by atomic mass is 10.1. The SMILES string of the molecule is CCc1cc(=O)[nH]c(-c2ccc(NCC(O)c3cccc(C(F)(F)F)c3)nc2)n1. The van der Waals surface area contributed by atoms with E-state index in [1.54, 1.807) is 12.1 Å². The topological polar surface area (TPSA) is 90.9 Å². The Labute approximate surface area is 164 Å². The van der Waals surface area contributed by atoms with Crippen LogP contribution in [-0.2, 0) is 12.6 Å². The van der Waals surface area contributed by atoms with Gasteiger partial charge in [0.05, 0.1) is 11.7 Å². The first-order valence-corrected chi connectivity index (χ1v) is 8.92. The standard InChI is InChI=1S/C20H19F3N4O2/c1-2-15-9-18(29)27-19(26-15)13-6-7-17(24-10-13)25-11-16(28)12-4-3-5-14(8-12)20(21,22)23/h3-10,16,28H,2,11H2,1H3,(H,24,25)(H,26,27,29). The first kappa shape index (κ1) is 20.5. The Kier molecular flexibility index (Phi) is 5.97. The van der Waals surface area contributed by atoms with Crippen LogP contribution in [-0.4, -0.2) is 26.6 Å². The van der Waals surface area contributed by atoms with Gasteiger partial charge in [-0.05, 0) is 36.2 Å². The van der Waals surface area contributed by atoms with Crippen molar-refractivity contribution in [2.45, 2.75) is 25.6 Å². The molecule has 0 saturated heterocycles. The molecule has 2 aromatic heterocycles. The molecule has 0 aliphatic carbocycles. The number of H-pyrrole nitrogens is 1. The second kappa shape index (κ2) is 8.44. The molecule has 3 aromatic rings. The van der Waals surface area contributed by atoms with Crippen molar-refractivity contribution in [1.29, 1.82) is 0 Å². The van der Waals surface area contributed by atoms with Gasteiger partial charge >= 0.3 is 6.18 Å². The molecule has 1 atom stereocenters. The molecule has 0 fully saturated rings. The fraction of sp³-hybridized carbons (Fsp3) is 0.250. The minimum absolute atomic E-state index is 0.0198. The monoisotopic (exact) mass is 404 g/mol. The third kappa shape index (κ3) is 5.20. The van der Waals surface area contributed by atoms with Crippen LogP contribution in [0, 0.1) is 0 Å². The molecule has 0 saturated carbocycles. The van der Waals surface area contributed by atoms with E-state index < -0.39 is 17.8 Å². The second-order valence-corrected chi connectivity index (χ2v) is 6.39. The summed E-state index contributed by atoms with van der Waals surface area (Å²) in [6, 6.07) is 9.33. The summed E-state index contributed by atoms with van der Waals surface area (Å²) < 4.78 is 38.4. The largest absolute Gasteiger partial charge is 0.416 e. The van der Waals surface area contributed by atoms with Gasteiger partial charge in [-0.1, -0.05) is 19.1 Å². The van der Waals surface area contributed by atoms with Crippen LogP contribution in [0.4, 0.5) is 19.0 Å². The molecular formula is C20H19F3N4O2. The Bertz CT molecular complexity index is 1030. The van der Waals surface area contributed by atoms with E-state index in [1.807, 2.05) is 6.92 Å². The van der Waals surface area contributed by atoms with Crippen LogP contribution < -0.4 is 10.9 Å². The van der Waals surface area contributed by atoms with E-state index in [0.717, 1.165) is 12.1 Å². The first-order valence-electron chi connectivity index (χ1n) is 8.92. The zero-order valence-corrected chi connectivity index (χ0v) is 15.5. The average molecular weight is 404 g/mol. The lowest BCUT2D eigenvalue weighted by Gasteiger charge is -2.15. The Morgan fingerprint density at radius 3 is 2.66 bits per heavy atom. The predicted octanol–water partition coefficient (Wildman–Crippen LogP) is 3.56. The van der Waals surface area contributed by atoms with E-state index in [-0.39, 0.29) is 17.7 Å². The van der Waals surface area contributed by atoms with E-state index in [2.05, 4.69) is 20.3 Å². The fourth-order valence-electron chi connectivity index (χ4n) is 2.71. The van der Waals surface area contributed by atoms with Gasteiger partial charge in [-0.25, -0.2) is 9.97 Å². The number of aliphatic hydroxyl groups is 1. The lowest BCUT2D eigenvalue weighted by Crippen LogP contribution is -2.14. The van der Waals surface area contributed by atoms with Crippen molar-refractivity contribution in [3.8, 4) is 11.4 Å². The second-order valence-electron chi connectivity index (χ2n) is 6.39. The van der Waals surface area contributed by atoms with Crippen LogP contribution in [0.15, 0.2) is 53.5 Å². The Morgan fingerprint density at radius 2 is 2.00 bits per heavy atom. The van der Waals surface area contributed by atoms with Crippen molar-refractivity contribution in [2.75, 3.05) is 11.9 Å². The van der Waals surface area contributed by atoms with Gasteiger partial charge in [0.25, 0.3) is 5.56 Å². The summed E-state index contributed by atoms with van der Waals surface area (Å²) in [6.07, 6.45) is -3.48. The van der Waals surface area contributed by atoms with Crippen LogP contribution in [0.25, 0.3) is 11.4 Å². The quantitative estimate of drug-likeness (QED) is 0.585. The van der Waals surface area contributed by atoms with Gasteiger partial charge in [0.2, 0.25) is 0 Å². The van der Waals surface area contributed by atoms with E-state index in [9.17, 15) is 23.1 Å².